The number of nitrogens with one attached hydrogen (secondary N) is 1. The Hall–Kier alpha value is -2.09. The maximum absolute atomic E-state index is 12.6. The third-order valence-electron chi connectivity index (χ3n) is 4.94. The molecule has 28 heavy (non-hydrogen) atoms. The molecule has 0 bridgehead atoms. The summed E-state index contributed by atoms with van der Waals surface area (Å²) in [6.07, 6.45) is 2.58. The quantitative estimate of drug-likeness (QED) is 0.698. The lowest BCUT2D eigenvalue weighted by atomic mass is 10.2. The first-order chi connectivity index (χ1) is 13.5. The molecule has 1 N–H and O–H groups in total. The monoisotopic (exact) mass is 420 g/mol. The second-order valence-electron chi connectivity index (χ2n) is 6.98. The third-order valence-corrected chi connectivity index (χ3v) is 6.71. The molecule has 4 rings (SSSR count). The molecule has 1 amide bonds. The summed E-state index contributed by atoms with van der Waals surface area (Å²) < 4.78 is 33.2. The Labute approximate surface area is 169 Å². The summed E-state index contributed by atoms with van der Waals surface area (Å²) in [5.74, 6) is 0.819. The zero-order valence-electron chi connectivity index (χ0n) is 15.2. The largest absolute Gasteiger partial charge is 0.491 e. The molecule has 0 spiro atoms. The highest BCUT2D eigenvalue weighted by atomic mass is 35.5. The van der Waals surface area contributed by atoms with Crippen molar-refractivity contribution in [3.8, 4) is 5.75 Å². The van der Waals surface area contributed by atoms with Crippen LogP contribution in [-0.4, -0.2) is 34.0 Å². The van der Waals surface area contributed by atoms with Crippen LogP contribution >= 0.6 is 11.6 Å². The molecule has 1 heterocycles. The number of hydrogen-bond donors (Lipinski definition) is 1. The van der Waals surface area contributed by atoms with E-state index in [1.807, 2.05) is 0 Å². The van der Waals surface area contributed by atoms with Crippen molar-refractivity contribution in [2.75, 3.05) is 24.6 Å². The van der Waals surface area contributed by atoms with Crippen molar-refractivity contribution in [1.82, 2.24) is 4.72 Å². The number of ether oxygens (including phenoxy) is 1. The summed E-state index contributed by atoms with van der Waals surface area (Å²) in [6.45, 7) is 0.905. The van der Waals surface area contributed by atoms with Gasteiger partial charge in [-0.15, -0.1) is 0 Å². The van der Waals surface area contributed by atoms with Gasteiger partial charge in [-0.05, 0) is 55.2 Å². The van der Waals surface area contributed by atoms with Gasteiger partial charge in [-0.2, -0.15) is 0 Å². The average Bonchev–Trinajstić information content (AvgIpc) is 3.45. The molecule has 2 aromatic rings. The van der Waals surface area contributed by atoms with Crippen molar-refractivity contribution in [2.24, 2.45) is 5.92 Å². The zero-order chi connectivity index (χ0) is 19.7. The highest BCUT2D eigenvalue weighted by Gasteiger charge is 2.36. The van der Waals surface area contributed by atoms with Gasteiger partial charge in [0.1, 0.15) is 12.4 Å². The van der Waals surface area contributed by atoms with E-state index >= 15 is 0 Å². The molecule has 1 fully saturated rings. The second-order valence-corrected chi connectivity index (χ2v) is 9.16. The third kappa shape index (κ3) is 4.01. The lowest BCUT2D eigenvalue weighted by molar-refractivity contribution is -0.119. The van der Waals surface area contributed by atoms with Gasteiger partial charge in [-0.3, -0.25) is 4.79 Å². The van der Waals surface area contributed by atoms with Gasteiger partial charge < -0.3 is 9.64 Å². The molecule has 0 radical (unpaired) electrons. The number of fused-ring (bicyclic) bond motifs is 1. The van der Waals surface area contributed by atoms with Crippen molar-refractivity contribution >= 4 is 33.2 Å². The number of para-hydroxylation sites is 1. The van der Waals surface area contributed by atoms with Crippen LogP contribution in [0.3, 0.4) is 0 Å². The van der Waals surface area contributed by atoms with Crippen LogP contribution in [-0.2, 0) is 21.2 Å². The number of benzene rings is 2. The van der Waals surface area contributed by atoms with Gasteiger partial charge in [0.25, 0.3) is 0 Å². The van der Waals surface area contributed by atoms with E-state index in [0.29, 0.717) is 23.7 Å². The minimum Gasteiger partial charge on any atom is -0.491 e. The van der Waals surface area contributed by atoms with Gasteiger partial charge in [0.15, 0.2) is 0 Å². The minimum atomic E-state index is -3.65. The number of anilines is 1. The highest BCUT2D eigenvalue weighted by molar-refractivity contribution is 7.89. The number of amides is 1. The fourth-order valence-electron chi connectivity index (χ4n) is 3.31. The lowest BCUT2D eigenvalue weighted by Crippen LogP contribution is -2.30. The predicted molar refractivity (Wildman–Crippen MR) is 107 cm³/mol. The Kier molecular flexibility index (Phi) is 5.31. The van der Waals surface area contributed by atoms with Gasteiger partial charge in [0, 0.05) is 24.7 Å². The fourth-order valence-corrected chi connectivity index (χ4v) is 4.56. The first-order valence-electron chi connectivity index (χ1n) is 9.27. The van der Waals surface area contributed by atoms with E-state index < -0.39 is 10.0 Å². The van der Waals surface area contributed by atoms with Crippen LogP contribution < -0.4 is 14.4 Å². The number of sulfonamides is 1. The lowest BCUT2D eigenvalue weighted by Gasteiger charge is -2.17. The summed E-state index contributed by atoms with van der Waals surface area (Å²) in [5, 5.41) is 0.481. The number of halogens is 1. The highest BCUT2D eigenvalue weighted by Crippen LogP contribution is 2.37. The molecule has 0 saturated heterocycles. The number of nitrogens with zero attached hydrogens (tertiary/aromatic N) is 1. The van der Waals surface area contributed by atoms with Gasteiger partial charge in [0.2, 0.25) is 15.9 Å². The van der Waals surface area contributed by atoms with E-state index in [4.69, 9.17) is 16.3 Å². The summed E-state index contributed by atoms with van der Waals surface area (Å²) in [7, 11) is -3.65. The summed E-state index contributed by atoms with van der Waals surface area (Å²) in [6, 6.07) is 12.0. The SMILES string of the molecule is O=C(C1CC1)N1CCc2cc(S(=O)(=O)NCCOc3ccccc3Cl)ccc21. The van der Waals surface area contributed by atoms with Crippen LogP contribution in [0.15, 0.2) is 47.4 Å². The maximum Gasteiger partial charge on any atom is 0.240 e. The van der Waals surface area contributed by atoms with E-state index in [9.17, 15) is 13.2 Å². The van der Waals surface area contributed by atoms with Gasteiger partial charge in [-0.1, -0.05) is 23.7 Å². The Balaban J connectivity index is 1.38. The van der Waals surface area contributed by atoms with Crippen molar-refractivity contribution in [2.45, 2.75) is 24.2 Å². The molecule has 1 aliphatic carbocycles. The molecule has 0 unspecified atom stereocenters. The molecule has 8 heteroatoms. The summed E-state index contributed by atoms with van der Waals surface area (Å²) in [4.78, 5) is 14.3. The topological polar surface area (TPSA) is 75.7 Å². The maximum atomic E-state index is 12.6. The fraction of sp³-hybridized carbons (Fsp3) is 0.350. The zero-order valence-corrected chi connectivity index (χ0v) is 16.8. The minimum absolute atomic E-state index is 0.122. The van der Waals surface area contributed by atoms with E-state index in [1.165, 1.54) is 0 Å². The molecule has 1 saturated carbocycles. The molecular formula is C20H21ClN2O4S. The second kappa shape index (κ2) is 7.73. The molecule has 6 nitrogen and oxygen atoms in total. The predicted octanol–water partition coefficient (Wildman–Crippen LogP) is 3.00. The van der Waals surface area contributed by atoms with Crippen LogP contribution in [0.2, 0.25) is 5.02 Å². The number of carbonyl (C=O) groups is 1. The molecule has 148 valence electrons. The van der Waals surface area contributed by atoms with E-state index in [1.54, 1.807) is 47.4 Å². The average molecular weight is 421 g/mol. The standard InChI is InChI=1S/C20H21ClN2O4S/c21-17-3-1-2-4-19(17)27-12-10-22-28(25,26)16-7-8-18-15(13-16)9-11-23(18)20(24)14-5-6-14/h1-4,7-8,13-14,22H,5-6,9-12H2. The Morgan fingerprint density at radius 2 is 2.00 bits per heavy atom. The van der Waals surface area contributed by atoms with Crippen molar-refractivity contribution < 1.29 is 17.9 Å². The summed E-state index contributed by atoms with van der Waals surface area (Å²) in [5.41, 5.74) is 1.72. The first-order valence-corrected chi connectivity index (χ1v) is 11.1. The Morgan fingerprint density at radius 3 is 2.75 bits per heavy atom. The number of carbonyl (C=O) groups excluding carboxylic acids is 1. The van der Waals surface area contributed by atoms with Crippen LogP contribution in [0, 0.1) is 5.92 Å². The van der Waals surface area contributed by atoms with Gasteiger partial charge in [-0.25, -0.2) is 13.1 Å². The van der Waals surface area contributed by atoms with Crippen molar-refractivity contribution in [3.63, 3.8) is 0 Å². The van der Waals surface area contributed by atoms with Crippen molar-refractivity contribution in [1.29, 1.82) is 0 Å². The number of hydrogen-bond acceptors (Lipinski definition) is 4. The van der Waals surface area contributed by atoms with Crippen LogP contribution in [0.25, 0.3) is 0 Å². The molecule has 2 aromatic carbocycles. The van der Waals surface area contributed by atoms with E-state index in [0.717, 1.165) is 24.1 Å². The van der Waals surface area contributed by atoms with Gasteiger partial charge >= 0.3 is 0 Å². The molecule has 2 aliphatic rings. The van der Waals surface area contributed by atoms with Gasteiger partial charge in [0.05, 0.1) is 9.92 Å². The van der Waals surface area contributed by atoms with Crippen LogP contribution in [0.1, 0.15) is 18.4 Å². The Morgan fingerprint density at radius 1 is 1.21 bits per heavy atom. The molecule has 0 atom stereocenters. The Bertz CT molecular complexity index is 1010. The number of rotatable bonds is 7. The molecule has 0 aromatic heterocycles. The molecule has 1 aliphatic heterocycles. The normalized spacial score (nSPS) is 16.1. The van der Waals surface area contributed by atoms with E-state index in [2.05, 4.69) is 4.72 Å². The van der Waals surface area contributed by atoms with E-state index in [-0.39, 0.29) is 29.9 Å². The molecular weight excluding hydrogens is 400 g/mol. The summed E-state index contributed by atoms with van der Waals surface area (Å²) >= 11 is 6.01. The van der Waals surface area contributed by atoms with Crippen LogP contribution in [0.5, 0.6) is 5.75 Å². The van der Waals surface area contributed by atoms with Crippen LogP contribution in [0.4, 0.5) is 5.69 Å². The first kappa shape index (κ1) is 19.2. The van der Waals surface area contributed by atoms with Crippen molar-refractivity contribution in [3.05, 3.63) is 53.1 Å². The smallest absolute Gasteiger partial charge is 0.240 e.